The van der Waals surface area contributed by atoms with E-state index < -0.39 is 0 Å². The number of hydrogen-bond donors (Lipinski definition) is 2. The normalized spacial score (nSPS) is 12.8. The molecule has 1 aromatic carbocycles. The fourth-order valence-electron chi connectivity index (χ4n) is 1.85. The molecule has 5 heteroatoms. The van der Waals surface area contributed by atoms with Gasteiger partial charge in [0, 0.05) is 24.6 Å². The number of fused-ring (bicyclic) bond motifs is 1. The topological polar surface area (TPSA) is 50.4 Å². The quantitative estimate of drug-likeness (QED) is 0.618. The molecule has 102 valence electrons. The minimum absolute atomic E-state index is 0.0836. The molecule has 4 nitrogen and oxygen atoms in total. The Morgan fingerprint density at radius 3 is 3.32 bits per heavy atom. The van der Waals surface area contributed by atoms with Gasteiger partial charge < -0.3 is 15.4 Å². The minimum atomic E-state index is -0.0836. The van der Waals surface area contributed by atoms with E-state index in [-0.39, 0.29) is 5.91 Å². The molecule has 0 spiro atoms. The zero-order chi connectivity index (χ0) is 13.5. The Labute approximate surface area is 117 Å². The molecule has 0 radical (unpaired) electrons. The monoisotopic (exact) mass is 278 g/mol. The number of ether oxygens (including phenoxy) is 1. The van der Waals surface area contributed by atoms with Gasteiger partial charge in [0.15, 0.2) is 5.75 Å². The van der Waals surface area contributed by atoms with Gasteiger partial charge in [0.2, 0.25) is 0 Å². The van der Waals surface area contributed by atoms with Gasteiger partial charge in [-0.2, -0.15) is 11.8 Å². The van der Waals surface area contributed by atoms with E-state index in [1.54, 1.807) is 17.8 Å². The molecule has 1 aliphatic rings. The Kier molecular flexibility index (Phi) is 5.15. The molecule has 2 rings (SSSR count). The number of para-hydroxylation sites is 1. The van der Waals surface area contributed by atoms with Gasteiger partial charge in [0.05, 0.1) is 11.3 Å². The van der Waals surface area contributed by atoms with Gasteiger partial charge in [0.1, 0.15) is 6.61 Å². The van der Waals surface area contributed by atoms with Crippen LogP contribution in [0.25, 0.3) is 0 Å². The van der Waals surface area contributed by atoms with Gasteiger partial charge in [-0.1, -0.05) is 12.1 Å². The fourth-order valence-corrected chi connectivity index (χ4v) is 2.43. The van der Waals surface area contributed by atoms with E-state index >= 15 is 0 Å². The third-order valence-corrected chi connectivity index (χ3v) is 3.66. The van der Waals surface area contributed by atoms with Gasteiger partial charge >= 0.3 is 0 Å². The van der Waals surface area contributed by atoms with Crippen LogP contribution >= 0.6 is 11.8 Å². The van der Waals surface area contributed by atoms with Crippen molar-refractivity contribution < 1.29 is 9.53 Å². The van der Waals surface area contributed by atoms with Crippen LogP contribution in [-0.2, 0) is 0 Å². The summed E-state index contributed by atoms with van der Waals surface area (Å²) >= 11 is 1.74. The molecule has 1 heterocycles. The van der Waals surface area contributed by atoms with Crippen LogP contribution in [0, 0.1) is 0 Å². The minimum Gasteiger partial charge on any atom is -0.489 e. The van der Waals surface area contributed by atoms with Gasteiger partial charge in [0.25, 0.3) is 5.91 Å². The summed E-state index contributed by atoms with van der Waals surface area (Å²) in [7, 11) is 0. The van der Waals surface area contributed by atoms with Crippen molar-refractivity contribution >= 4 is 23.4 Å². The van der Waals surface area contributed by atoms with Crippen molar-refractivity contribution in [3.8, 4) is 5.75 Å². The molecule has 2 N–H and O–H groups in total. The van der Waals surface area contributed by atoms with Gasteiger partial charge in [-0.15, -0.1) is 6.58 Å². The number of carbonyl (C=O) groups excluding carboxylic acids is 1. The summed E-state index contributed by atoms with van der Waals surface area (Å²) in [6.07, 6.45) is 1.86. The fraction of sp³-hybridized carbons (Fsp3) is 0.357. The Bertz CT molecular complexity index is 463. The average molecular weight is 278 g/mol. The van der Waals surface area contributed by atoms with Gasteiger partial charge in [-0.3, -0.25) is 4.79 Å². The summed E-state index contributed by atoms with van der Waals surface area (Å²) in [5, 5.41) is 6.13. The number of hydrogen-bond acceptors (Lipinski definition) is 4. The number of thioether (sulfide) groups is 1. The van der Waals surface area contributed by atoms with Gasteiger partial charge in [-0.25, -0.2) is 0 Å². The summed E-state index contributed by atoms with van der Waals surface area (Å²) in [6.45, 7) is 5.67. The number of benzene rings is 1. The molecular formula is C14H18N2O2S. The molecule has 1 amide bonds. The first-order valence-corrected chi connectivity index (χ1v) is 7.45. The summed E-state index contributed by atoms with van der Waals surface area (Å²) in [4.78, 5) is 12.1. The molecule has 0 aliphatic carbocycles. The smallest absolute Gasteiger partial charge is 0.255 e. The zero-order valence-corrected chi connectivity index (χ0v) is 11.6. The van der Waals surface area contributed by atoms with E-state index in [1.165, 1.54) is 0 Å². The summed E-state index contributed by atoms with van der Waals surface area (Å²) < 4.78 is 5.58. The highest BCUT2D eigenvalue weighted by molar-refractivity contribution is 7.99. The van der Waals surface area contributed by atoms with E-state index in [2.05, 4.69) is 17.2 Å². The second kappa shape index (κ2) is 7.09. The number of carbonyl (C=O) groups is 1. The van der Waals surface area contributed by atoms with Crippen LogP contribution in [0.1, 0.15) is 10.4 Å². The van der Waals surface area contributed by atoms with Crippen LogP contribution in [0.15, 0.2) is 30.9 Å². The molecule has 0 aromatic heterocycles. The highest BCUT2D eigenvalue weighted by Crippen LogP contribution is 2.30. The Morgan fingerprint density at radius 1 is 1.58 bits per heavy atom. The van der Waals surface area contributed by atoms with Crippen molar-refractivity contribution in [2.45, 2.75) is 0 Å². The molecule has 19 heavy (non-hydrogen) atoms. The molecule has 1 aromatic rings. The van der Waals surface area contributed by atoms with Crippen LogP contribution < -0.4 is 15.4 Å². The molecule has 0 atom stereocenters. The summed E-state index contributed by atoms with van der Waals surface area (Å²) in [6, 6.07) is 5.57. The summed E-state index contributed by atoms with van der Waals surface area (Å²) in [5.41, 5.74) is 1.48. The lowest BCUT2D eigenvalue weighted by Crippen LogP contribution is -2.28. The molecule has 0 bridgehead atoms. The van der Waals surface area contributed by atoms with Gasteiger partial charge in [-0.05, 0) is 12.1 Å². The van der Waals surface area contributed by atoms with Crippen molar-refractivity contribution in [1.82, 2.24) is 5.32 Å². The summed E-state index contributed by atoms with van der Waals surface area (Å²) in [5.74, 6) is 2.36. The van der Waals surface area contributed by atoms with Crippen molar-refractivity contribution in [1.29, 1.82) is 0 Å². The van der Waals surface area contributed by atoms with Crippen molar-refractivity contribution in [2.24, 2.45) is 0 Å². The second-order valence-electron chi connectivity index (χ2n) is 4.08. The largest absolute Gasteiger partial charge is 0.489 e. The van der Waals surface area contributed by atoms with E-state index in [0.717, 1.165) is 23.7 Å². The number of anilines is 1. The number of amides is 1. The van der Waals surface area contributed by atoms with Crippen molar-refractivity contribution in [3.05, 3.63) is 36.4 Å². The standard InChI is InChI=1S/C14H18N2O2S/c1-2-9-19-10-7-16-14(17)11-4-3-5-12-13(11)18-8-6-15-12/h2-5,15H,1,6-10H2,(H,16,17). The van der Waals surface area contributed by atoms with Crippen LogP contribution in [0.5, 0.6) is 5.75 Å². The molecular weight excluding hydrogens is 260 g/mol. The van der Waals surface area contributed by atoms with E-state index in [1.807, 2.05) is 18.2 Å². The first kappa shape index (κ1) is 13.8. The predicted molar refractivity (Wildman–Crippen MR) is 80.3 cm³/mol. The molecule has 0 saturated carbocycles. The Hall–Kier alpha value is -1.62. The first-order chi connectivity index (χ1) is 9.33. The molecule has 0 saturated heterocycles. The molecule has 1 aliphatic heterocycles. The van der Waals surface area contributed by atoms with Crippen LogP contribution in [0.2, 0.25) is 0 Å². The average Bonchev–Trinajstić information content (AvgIpc) is 2.46. The highest BCUT2D eigenvalue weighted by Gasteiger charge is 2.18. The lowest BCUT2D eigenvalue weighted by atomic mass is 10.1. The number of nitrogens with one attached hydrogen (secondary N) is 2. The maximum absolute atomic E-state index is 12.1. The third kappa shape index (κ3) is 3.67. The maximum Gasteiger partial charge on any atom is 0.255 e. The Balaban J connectivity index is 1.93. The van der Waals surface area contributed by atoms with Crippen molar-refractivity contribution in [2.75, 3.05) is 36.5 Å². The first-order valence-electron chi connectivity index (χ1n) is 6.29. The lowest BCUT2D eigenvalue weighted by Gasteiger charge is -2.21. The second-order valence-corrected chi connectivity index (χ2v) is 5.23. The Morgan fingerprint density at radius 2 is 2.47 bits per heavy atom. The lowest BCUT2D eigenvalue weighted by molar-refractivity contribution is 0.0952. The maximum atomic E-state index is 12.1. The van der Waals surface area contributed by atoms with Crippen LogP contribution in [-0.4, -0.2) is 37.1 Å². The van der Waals surface area contributed by atoms with Crippen molar-refractivity contribution in [3.63, 3.8) is 0 Å². The zero-order valence-electron chi connectivity index (χ0n) is 10.8. The van der Waals surface area contributed by atoms with E-state index in [0.29, 0.717) is 24.5 Å². The van der Waals surface area contributed by atoms with E-state index in [9.17, 15) is 4.79 Å². The molecule has 0 unspecified atom stereocenters. The molecule has 0 fully saturated rings. The van der Waals surface area contributed by atoms with Crippen LogP contribution in [0.4, 0.5) is 5.69 Å². The predicted octanol–water partition coefficient (Wildman–Crippen LogP) is 2.14. The number of rotatable bonds is 6. The SMILES string of the molecule is C=CCSCCNC(=O)c1cccc2c1OCCN2. The third-order valence-electron chi connectivity index (χ3n) is 2.69. The van der Waals surface area contributed by atoms with E-state index in [4.69, 9.17) is 4.74 Å². The highest BCUT2D eigenvalue weighted by atomic mass is 32.2. The van der Waals surface area contributed by atoms with Crippen LogP contribution in [0.3, 0.4) is 0 Å².